The molecule has 1 aliphatic rings. The van der Waals surface area contributed by atoms with E-state index < -0.39 is 5.82 Å². The number of phenolic OH excluding ortho intramolecular Hbond substituents is 1. The van der Waals surface area contributed by atoms with E-state index in [1.165, 1.54) is 12.1 Å². The summed E-state index contributed by atoms with van der Waals surface area (Å²) in [4.78, 5) is 14.4. The highest BCUT2D eigenvalue weighted by Crippen LogP contribution is 2.23. The van der Waals surface area contributed by atoms with Gasteiger partial charge in [-0.25, -0.2) is 4.39 Å². The van der Waals surface area contributed by atoms with E-state index in [0.717, 1.165) is 38.4 Å². The van der Waals surface area contributed by atoms with Crippen LogP contribution in [0.5, 0.6) is 5.75 Å². The highest BCUT2D eigenvalue weighted by atomic mass is 19.1. The summed E-state index contributed by atoms with van der Waals surface area (Å²) >= 11 is 0. The van der Waals surface area contributed by atoms with Gasteiger partial charge in [0, 0.05) is 18.7 Å². The third-order valence-corrected chi connectivity index (χ3v) is 3.67. The van der Waals surface area contributed by atoms with E-state index in [1.807, 2.05) is 11.8 Å². The van der Waals surface area contributed by atoms with Gasteiger partial charge in [-0.15, -0.1) is 0 Å². The fraction of sp³-hybridized carbons (Fsp3) is 0.533. The zero-order valence-corrected chi connectivity index (χ0v) is 11.7. The summed E-state index contributed by atoms with van der Waals surface area (Å²) in [5, 5.41) is 13.0. The van der Waals surface area contributed by atoms with Crippen LogP contribution < -0.4 is 5.32 Å². The second-order valence-corrected chi connectivity index (χ2v) is 5.14. The van der Waals surface area contributed by atoms with Crippen molar-refractivity contribution < 1.29 is 14.3 Å². The van der Waals surface area contributed by atoms with Gasteiger partial charge in [-0.3, -0.25) is 4.79 Å². The molecule has 1 saturated heterocycles. The number of benzene rings is 1. The van der Waals surface area contributed by atoms with Gasteiger partial charge in [0.05, 0.1) is 5.56 Å². The number of piperidine rings is 1. The number of amides is 1. The minimum absolute atomic E-state index is 0.179. The van der Waals surface area contributed by atoms with Crippen molar-refractivity contribution in [2.45, 2.75) is 32.2 Å². The first kappa shape index (κ1) is 14.8. The SMILES string of the molecule is CCCN(C(=O)c1ccc(F)cc1O)C1CCNCC1. The van der Waals surface area contributed by atoms with Crippen LogP contribution >= 0.6 is 0 Å². The third kappa shape index (κ3) is 3.28. The smallest absolute Gasteiger partial charge is 0.257 e. The Labute approximate surface area is 118 Å². The van der Waals surface area contributed by atoms with Gasteiger partial charge in [-0.05, 0) is 44.5 Å². The number of nitrogens with zero attached hydrogens (tertiary/aromatic N) is 1. The Bertz CT molecular complexity index is 473. The summed E-state index contributed by atoms with van der Waals surface area (Å²) < 4.78 is 13.0. The number of aromatic hydroxyl groups is 1. The fourth-order valence-corrected chi connectivity index (χ4v) is 2.65. The number of carbonyl (C=O) groups excluding carboxylic acids is 1. The number of carbonyl (C=O) groups is 1. The molecule has 0 radical (unpaired) electrons. The number of halogens is 1. The lowest BCUT2D eigenvalue weighted by molar-refractivity contribution is 0.0639. The van der Waals surface area contributed by atoms with E-state index >= 15 is 0 Å². The number of hydrogen-bond donors (Lipinski definition) is 2. The first-order valence-corrected chi connectivity index (χ1v) is 7.13. The van der Waals surface area contributed by atoms with Crippen LogP contribution in [0.15, 0.2) is 18.2 Å². The Balaban J connectivity index is 2.21. The molecule has 110 valence electrons. The number of hydrogen-bond acceptors (Lipinski definition) is 3. The standard InChI is InChI=1S/C15H21FN2O2/c1-2-9-18(12-5-7-17-8-6-12)15(20)13-4-3-11(16)10-14(13)19/h3-4,10,12,17,19H,2,5-9H2,1H3. The minimum Gasteiger partial charge on any atom is -0.507 e. The minimum atomic E-state index is -0.539. The lowest BCUT2D eigenvalue weighted by Crippen LogP contribution is -2.46. The molecule has 4 nitrogen and oxygen atoms in total. The fourth-order valence-electron chi connectivity index (χ4n) is 2.65. The van der Waals surface area contributed by atoms with Gasteiger partial charge in [0.1, 0.15) is 11.6 Å². The largest absolute Gasteiger partial charge is 0.507 e. The van der Waals surface area contributed by atoms with Crippen LogP contribution in [0.2, 0.25) is 0 Å². The van der Waals surface area contributed by atoms with Crippen LogP contribution in [0.3, 0.4) is 0 Å². The van der Waals surface area contributed by atoms with Crippen LogP contribution in [0, 0.1) is 5.82 Å². The maximum atomic E-state index is 13.0. The van der Waals surface area contributed by atoms with E-state index in [0.29, 0.717) is 6.54 Å². The first-order chi connectivity index (χ1) is 9.63. The second kappa shape index (κ2) is 6.70. The third-order valence-electron chi connectivity index (χ3n) is 3.67. The quantitative estimate of drug-likeness (QED) is 0.888. The average molecular weight is 280 g/mol. The van der Waals surface area contributed by atoms with Gasteiger partial charge < -0.3 is 15.3 Å². The molecule has 0 atom stereocenters. The van der Waals surface area contributed by atoms with Crippen molar-refractivity contribution in [3.05, 3.63) is 29.6 Å². The van der Waals surface area contributed by atoms with E-state index in [2.05, 4.69) is 5.32 Å². The van der Waals surface area contributed by atoms with Crippen LogP contribution in [-0.4, -0.2) is 41.6 Å². The predicted octanol–water partition coefficient (Wildman–Crippen LogP) is 2.14. The topological polar surface area (TPSA) is 52.6 Å². The molecule has 0 unspecified atom stereocenters. The van der Waals surface area contributed by atoms with Gasteiger partial charge in [0.25, 0.3) is 5.91 Å². The van der Waals surface area contributed by atoms with E-state index in [1.54, 1.807) is 0 Å². The zero-order valence-electron chi connectivity index (χ0n) is 11.7. The van der Waals surface area contributed by atoms with Crippen molar-refractivity contribution in [2.75, 3.05) is 19.6 Å². The van der Waals surface area contributed by atoms with Crippen molar-refractivity contribution in [1.29, 1.82) is 0 Å². The second-order valence-electron chi connectivity index (χ2n) is 5.14. The molecular formula is C15H21FN2O2. The summed E-state index contributed by atoms with van der Waals surface area (Å²) in [6.07, 6.45) is 2.68. The highest BCUT2D eigenvalue weighted by Gasteiger charge is 2.27. The maximum Gasteiger partial charge on any atom is 0.257 e. The molecule has 1 amide bonds. The molecule has 0 saturated carbocycles. The molecule has 20 heavy (non-hydrogen) atoms. The monoisotopic (exact) mass is 280 g/mol. The maximum absolute atomic E-state index is 13.0. The molecule has 1 aliphatic heterocycles. The van der Waals surface area contributed by atoms with E-state index in [4.69, 9.17) is 0 Å². The molecule has 1 heterocycles. The summed E-state index contributed by atoms with van der Waals surface area (Å²) in [5.41, 5.74) is 0.179. The molecule has 0 spiro atoms. The van der Waals surface area contributed by atoms with Crippen molar-refractivity contribution >= 4 is 5.91 Å². The number of phenols is 1. The Kier molecular flexibility index (Phi) is 4.95. The highest BCUT2D eigenvalue weighted by molar-refractivity contribution is 5.97. The molecule has 1 aromatic rings. The Morgan fingerprint density at radius 2 is 2.15 bits per heavy atom. The van der Waals surface area contributed by atoms with Crippen LogP contribution in [-0.2, 0) is 0 Å². The average Bonchev–Trinajstić information content (AvgIpc) is 2.45. The Morgan fingerprint density at radius 1 is 1.45 bits per heavy atom. The van der Waals surface area contributed by atoms with Crippen molar-refractivity contribution in [3.8, 4) is 5.75 Å². The van der Waals surface area contributed by atoms with Gasteiger partial charge in [0.15, 0.2) is 0 Å². The molecule has 0 aliphatic carbocycles. The lowest BCUT2D eigenvalue weighted by Gasteiger charge is -2.34. The summed E-state index contributed by atoms with van der Waals surface area (Å²) in [5.74, 6) is -1.04. The normalized spacial score (nSPS) is 16.1. The molecule has 0 bridgehead atoms. The molecule has 1 fully saturated rings. The van der Waals surface area contributed by atoms with Gasteiger partial charge >= 0.3 is 0 Å². The van der Waals surface area contributed by atoms with Crippen LogP contribution in [0.4, 0.5) is 4.39 Å². The van der Waals surface area contributed by atoms with Gasteiger partial charge in [-0.2, -0.15) is 0 Å². The number of nitrogens with one attached hydrogen (secondary N) is 1. The Morgan fingerprint density at radius 3 is 2.75 bits per heavy atom. The van der Waals surface area contributed by atoms with Crippen LogP contribution in [0.1, 0.15) is 36.5 Å². The molecule has 0 aromatic heterocycles. The van der Waals surface area contributed by atoms with Crippen molar-refractivity contribution in [2.24, 2.45) is 0 Å². The summed E-state index contributed by atoms with van der Waals surface area (Å²) in [6.45, 7) is 4.47. The zero-order chi connectivity index (χ0) is 14.5. The first-order valence-electron chi connectivity index (χ1n) is 7.13. The van der Waals surface area contributed by atoms with Gasteiger partial charge in [0.2, 0.25) is 0 Å². The Hall–Kier alpha value is -1.62. The predicted molar refractivity (Wildman–Crippen MR) is 75.3 cm³/mol. The van der Waals surface area contributed by atoms with E-state index in [9.17, 15) is 14.3 Å². The lowest BCUT2D eigenvalue weighted by atomic mass is 10.0. The summed E-state index contributed by atoms with van der Waals surface area (Å²) in [6, 6.07) is 3.74. The van der Waals surface area contributed by atoms with Crippen LogP contribution in [0.25, 0.3) is 0 Å². The van der Waals surface area contributed by atoms with E-state index in [-0.39, 0.29) is 23.3 Å². The number of rotatable bonds is 4. The summed E-state index contributed by atoms with van der Waals surface area (Å²) in [7, 11) is 0. The molecule has 1 aromatic carbocycles. The molecule has 2 rings (SSSR count). The van der Waals surface area contributed by atoms with Gasteiger partial charge in [-0.1, -0.05) is 6.92 Å². The van der Waals surface area contributed by atoms with Crippen molar-refractivity contribution in [1.82, 2.24) is 10.2 Å². The molecular weight excluding hydrogens is 259 g/mol. The van der Waals surface area contributed by atoms with Crippen molar-refractivity contribution in [3.63, 3.8) is 0 Å². The molecule has 5 heteroatoms. The molecule has 2 N–H and O–H groups in total.